The molecule has 1 aliphatic rings. The highest BCUT2D eigenvalue weighted by Gasteiger charge is 2.21. The zero-order valence-electron chi connectivity index (χ0n) is 8.77. The van der Waals surface area contributed by atoms with E-state index in [1.54, 1.807) is 0 Å². The number of likely N-dealkylation sites (tertiary alicyclic amines) is 1. The second kappa shape index (κ2) is 5.65. The van der Waals surface area contributed by atoms with Crippen LogP contribution in [0.2, 0.25) is 0 Å². The van der Waals surface area contributed by atoms with Crippen LogP contribution in [0.1, 0.15) is 26.2 Å². The topological polar surface area (TPSA) is 77.4 Å². The second-order valence-corrected chi connectivity index (χ2v) is 4.73. The summed E-state index contributed by atoms with van der Waals surface area (Å²) in [6, 6.07) is 0. The first-order valence-electron chi connectivity index (χ1n) is 4.79. The lowest BCUT2D eigenvalue weighted by molar-refractivity contribution is -0.912. The molecular weight excluding hydrogens is 206 g/mol. The summed E-state index contributed by atoms with van der Waals surface area (Å²) >= 11 is 0. The molecule has 0 radical (unpaired) electrons. The zero-order valence-corrected chi connectivity index (χ0v) is 9.59. The van der Waals surface area contributed by atoms with Gasteiger partial charge in [0, 0.05) is 0 Å². The summed E-state index contributed by atoms with van der Waals surface area (Å²) in [5, 5.41) is 0. The number of nitrogens with zero attached hydrogens (tertiary/aromatic N) is 1. The Morgan fingerprint density at radius 1 is 1.29 bits per heavy atom. The van der Waals surface area contributed by atoms with Crippen LogP contribution in [0.3, 0.4) is 0 Å². The van der Waals surface area contributed by atoms with E-state index in [9.17, 15) is 0 Å². The van der Waals surface area contributed by atoms with Gasteiger partial charge in [0.25, 0.3) is 0 Å². The molecule has 1 heterocycles. The number of hydrogen-bond acceptors (Lipinski definition) is 3. The van der Waals surface area contributed by atoms with Crippen LogP contribution in [0.5, 0.6) is 0 Å². The Bertz CT molecular complexity index is 236. The van der Waals surface area contributed by atoms with E-state index in [0.717, 1.165) is 0 Å². The minimum absolute atomic E-state index is 1.32. The zero-order chi connectivity index (χ0) is 11.2. The molecule has 1 N–H and O–H groups in total. The quantitative estimate of drug-likeness (QED) is 0.403. The first kappa shape index (κ1) is 13.8. The van der Waals surface area contributed by atoms with Gasteiger partial charge in [-0.05, 0) is 26.2 Å². The predicted octanol–water partition coefficient (Wildman–Crippen LogP) is 0.641. The van der Waals surface area contributed by atoms with Gasteiger partial charge in [-0.2, -0.15) is 0 Å². The first-order valence-corrected chi connectivity index (χ1v) is 6.15. The maximum Gasteiger partial charge on any atom is 0.215 e. The maximum atomic E-state index is 8.63. The molecular formula is C8H19NO4S. The molecule has 1 fully saturated rings. The molecule has 0 amide bonds. The van der Waals surface area contributed by atoms with Gasteiger partial charge in [0.2, 0.25) is 10.4 Å². The summed E-state index contributed by atoms with van der Waals surface area (Å²) in [5.74, 6) is 0. The van der Waals surface area contributed by atoms with E-state index < -0.39 is 10.4 Å². The van der Waals surface area contributed by atoms with E-state index in [-0.39, 0.29) is 0 Å². The Balaban J connectivity index is 0.000000292. The van der Waals surface area contributed by atoms with Crippen molar-refractivity contribution < 1.29 is 22.0 Å². The third kappa shape index (κ3) is 8.43. The summed E-state index contributed by atoms with van der Waals surface area (Å²) in [7, 11) is -2.54. The second-order valence-electron chi connectivity index (χ2n) is 3.87. The number of rotatable bonds is 1. The van der Waals surface area contributed by atoms with Gasteiger partial charge in [-0.25, -0.2) is 8.42 Å². The SMILES string of the molecule is CC[N+]1(C)CCCCC1.O=S(=O)([O-])O. The van der Waals surface area contributed by atoms with Gasteiger partial charge in [0.15, 0.2) is 0 Å². The Morgan fingerprint density at radius 3 is 1.86 bits per heavy atom. The number of piperidine rings is 1. The van der Waals surface area contributed by atoms with Crippen molar-refractivity contribution in [3.8, 4) is 0 Å². The fourth-order valence-corrected chi connectivity index (χ4v) is 1.59. The van der Waals surface area contributed by atoms with Crippen molar-refractivity contribution in [1.82, 2.24) is 0 Å². The minimum Gasteiger partial charge on any atom is -0.726 e. The lowest BCUT2D eigenvalue weighted by Crippen LogP contribution is -2.47. The van der Waals surface area contributed by atoms with Crippen molar-refractivity contribution in [1.29, 1.82) is 0 Å². The molecule has 6 heteroatoms. The van der Waals surface area contributed by atoms with Crippen molar-refractivity contribution in [2.24, 2.45) is 0 Å². The third-order valence-electron chi connectivity index (χ3n) is 2.66. The van der Waals surface area contributed by atoms with Crippen LogP contribution in [0.4, 0.5) is 0 Å². The largest absolute Gasteiger partial charge is 0.726 e. The molecule has 0 aliphatic carbocycles. The monoisotopic (exact) mass is 225 g/mol. The van der Waals surface area contributed by atoms with Gasteiger partial charge in [0.05, 0.1) is 26.7 Å². The number of hydrogen-bond donors (Lipinski definition) is 1. The molecule has 1 aliphatic heterocycles. The van der Waals surface area contributed by atoms with E-state index in [1.165, 1.54) is 43.4 Å². The lowest BCUT2D eigenvalue weighted by atomic mass is 10.1. The van der Waals surface area contributed by atoms with E-state index in [1.807, 2.05) is 0 Å². The fraction of sp³-hybridized carbons (Fsp3) is 1.00. The molecule has 14 heavy (non-hydrogen) atoms. The highest BCUT2D eigenvalue weighted by Crippen LogP contribution is 2.14. The lowest BCUT2D eigenvalue weighted by Gasteiger charge is -2.36. The summed E-state index contributed by atoms with van der Waals surface area (Å²) in [4.78, 5) is 0. The summed E-state index contributed by atoms with van der Waals surface area (Å²) < 4.78 is 34.2. The molecule has 0 aromatic carbocycles. The molecule has 1 rings (SSSR count). The molecule has 0 bridgehead atoms. The van der Waals surface area contributed by atoms with Crippen LogP contribution in [0, 0.1) is 0 Å². The first-order chi connectivity index (χ1) is 6.27. The summed E-state index contributed by atoms with van der Waals surface area (Å²) in [6.07, 6.45) is 4.36. The van der Waals surface area contributed by atoms with Crippen molar-refractivity contribution in [2.45, 2.75) is 26.2 Å². The van der Waals surface area contributed by atoms with Crippen LogP contribution in [0.15, 0.2) is 0 Å². The van der Waals surface area contributed by atoms with Crippen LogP contribution in [0.25, 0.3) is 0 Å². The third-order valence-corrected chi connectivity index (χ3v) is 2.66. The molecule has 0 atom stereocenters. The molecule has 0 spiro atoms. The summed E-state index contributed by atoms with van der Waals surface area (Å²) in [6.45, 7) is 6.44. The van der Waals surface area contributed by atoms with E-state index in [4.69, 9.17) is 17.5 Å². The van der Waals surface area contributed by atoms with Gasteiger partial charge >= 0.3 is 0 Å². The summed E-state index contributed by atoms with van der Waals surface area (Å²) in [5.41, 5.74) is 0. The van der Waals surface area contributed by atoms with Crippen molar-refractivity contribution in [3.05, 3.63) is 0 Å². The smallest absolute Gasteiger partial charge is 0.215 e. The molecule has 0 unspecified atom stereocenters. The highest BCUT2D eigenvalue weighted by atomic mass is 32.3. The maximum absolute atomic E-state index is 8.63. The van der Waals surface area contributed by atoms with Crippen molar-refractivity contribution in [2.75, 3.05) is 26.7 Å². The molecule has 86 valence electrons. The van der Waals surface area contributed by atoms with Crippen LogP contribution in [-0.2, 0) is 10.4 Å². The Labute approximate surface area is 85.9 Å². The minimum atomic E-state index is -4.92. The van der Waals surface area contributed by atoms with Crippen LogP contribution < -0.4 is 0 Å². The van der Waals surface area contributed by atoms with Gasteiger partial charge in [0.1, 0.15) is 0 Å². The fourth-order valence-electron chi connectivity index (χ4n) is 1.59. The molecule has 5 nitrogen and oxygen atoms in total. The van der Waals surface area contributed by atoms with Gasteiger partial charge < -0.3 is 9.04 Å². The van der Waals surface area contributed by atoms with E-state index in [0.29, 0.717) is 0 Å². The Morgan fingerprint density at radius 2 is 1.64 bits per heavy atom. The standard InChI is InChI=1S/C8H18N.H2O4S/c1-3-9(2)7-5-4-6-8-9;1-5(2,3)4/h3-8H2,1-2H3;(H2,1,2,3,4)/q+1;/p-1. The van der Waals surface area contributed by atoms with Crippen LogP contribution >= 0.6 is 0 Å². The average Bonchev–Trinajstić information content (AvgIpc) is 2.03. The normalized spacial score (nSPS) is 20.9. The molecule has 1 saturated heterocycles. The van der Waals surface area contributed by atoms with Gasteiger partial charge in [-0.1, -0.05) is 0 Å². The van der Waals surface area contributed by atoms with E-state index >= 15 is 0 Å². The van der Waals surface area contributed by atoms with E-state index in [2.05, 4.69) is 14.0 Å². The molecule has 0 aromatic heterocycles. The average molecular weight is 225 g/mol. The van der Waals surface area contributed by atoms with Crippen molar-refractivity contribution in [3.63, 3.8) is 0 Å². The highest BCUT2D eigenvalue weighted by molar-refractivity contribution is 7.79. The molecule has 0 aromatic rings. The predicted molar refractivity (Wildman–Crippen MR) is 52.6 cm³/mol. The molecule has 0 saturated carbocycles. The van der Waals surface area contributed by atoms with Gasteiger partial charge in [-0.15, -0.1) is 0 Å². The van der Waals surface area contributed by atoms with Crippen molar-refractivity contribution >= 4 is 10.4 Å². The van der Waals surface area contributed by atoms with Crippen LogP contribution in [-0.4, -0.2) is 48.7 Å². The Kier molecular flexibility index (Phi) is 5.58. The number of quaternary nitrogens is 1. The van der Waals surface area contributed by atoms with Gasteiger partial charge in [-0.3, -0.25) is 4.55 Å². The Hall–Kier alpha value is -0.170.